The maximum Gasteiger partial charge on any atom is 0.453 e. The van der Waals surface area contributed by atoms with E-state index in [4.69, 9.17) is 5.11 Å². The largest absolute Gasteiger partial charge is 0.480 e. The molecule has 14 heteroatoms. The smallest absolute Gasteiger partial charge is 0.453 e. The van der Waals surface area contributed by atoms with Crippen LogP contribution in [0.5, 0.6) is 0 Å². The molecule has 1 aliphatic rings. The molecule has 3 aromatic heterocycles. The Kier molecular flexibility index (Phi) is 4.59. The molecule has 1 aliphatic heterocycles. The Bertz CT molecular complexity index is 1210. The lowest BCUT2D eigenvalue weighted by atomic mass is 10.0. The third-order valence-electron chi connectivity index (χ3n) is 4.65. The van der Waals surface area contributed by atoms with E-state index in [9.17, 15) is 31.5 Å². The van der Waals surface area contributed by atoms with Gasteiger partial charge in [-0.3, -0.25) is 9.59 Å². The highest BCUT2D eigenvalue weighted by Crippen LogP contribution is 2.39. The Morgan fingerprint density at radius 2 is 1.97 bits per heavy atom. The van der Waals surface area contributed by atoms with E-state index in [-0.39, 0.29) is 33.9 Å². The highest BCUT2D eigenvalue weighted by molar-refractivity contribution is 6.13. The number of hydrogen-bond acceptors (Lipinski definition) is 6. The molecule has 162 valence electrons. The molecule has 2 N–H and O–H groups in total. The average Bonchev–Trinajstić information content (AvgIpc) is 3.22. The highest BCUT2D eigenvalue weighted by Gasteiger charge is 2.56. The summed E-state index contributed by atoms with van der Waals surface area (Å²) < 4.78 is 65.0. The van der Waals surface area contributed by atoms with Crippen LogP contribution in [0.1, 0.15) is 17.9 Å². The van der Waals surface area contributed by atoms with Crippen molar-refractivity contribution in [1.29, 1.82) is 0 Å². The molecule has 0 radical (unpaired) electrons. The number of halogens is 5. The number of alkyl halides is 5. The van der Waals surface area contributed by atoms with E-state index in [0.717, 1.165) is 10.9 Å². The lowest BCUT2D eigenvalue weighted by molar-refractivity contribution is -0.285. The first-order valence-electron chi connectivity index (χ1n) is 8.66. The van der Waals surface area contributed by atoms with E-state index < -0.39 is 42.9 Å². The van der Waals surface area contributed by atoms with Crippen LogP contribution in [-0.4, -0.2) is 53.8 Å². The minimum absolute atomic E-state index is 0.0225. The van der Waals surface area contributed by atoms with Crippen molar-refractivity contribution in [2.24, 2.45) is 0 Å². The van der Waals surface area contributed by atoms with Crippen molar-refractivity contribution >= 4 is 28.7 Å². The van der Waals surface area contributed by atoms with Gasteiger partial charge >= 0.3 is 18.1 Å². The molecule has 0 bridgehead atoms. The van der Waals surface area contributed by atoms with Crippen molar-refractivity contribution < 1.29 is 36.6 Å². The molecule has 0 saturated carbocycles. The van der Waals surface area contributed by atoms with Crippen LogP contribution in [0, 0.1) is 0 Å². The number of aliphatic carboxylic acids is 1. The topological polar surface area (TPSA) is 123 Å². The van der Waals surface area contributed by atoms with Crippen LogP contribution < -0.4 is 5.32 Å². The van der Waals surface area contributed by atoms with Gasteiger partial charge in [-0.2, -0.15) is 27.1 Å². The van der Waals surface area contributed by atoms with Gasteiger partial charge in [-0.05, 0) is 12.1 Å². The fourth-order valence-corrected chi connectivity index (χ4v) is 3.11. The quantitative estimate of drug-likeness (QED) is 0.460. The lowest BCUT2D eigenvalue weighted by Gasteiger charge is -2.19. The zero-order chi connectivity index (χ0) is 22.6. The van der Waals surface area contributed by atoms with Crippen molar-refractivity contribution in [3.63, 3.8) is 0 Å². The van der Waals surface area contributed by atoms with E-state index in [1.807, 2.05) is 0 Å². The summed E-state index contributed by atoms with van der Waals surface area (Å²) in [4.78, 5) is 35.2. The van der Waals surface area contributed by atoms with Gasteiger partial charge in [0.05, 0.1) is 5.39 Å². The number of carbonyl (C=O) groups excluding carboxylic acids is 1. The Morgan fingerprint density at radius 1 is 1.23 bits per heavy atom. The number of nitrogens with one attached hydrogen (secondary N) is 1. The Balaban J connectivity index is 1.73. The second kappa shape index (κ2) is 6.92. The zero-order valence-corrected chi connectivity index (χ0v) is 15.2. The van der Waals surface area contributed by atoms with E-state index in [2.05, 4.69) is 25.4 Å². The first-order chi connectivity index (χ1) is 14.5. The molecule has 0 aliphatic carbocycles. The Morgan fingerprint density at radius 3 is 2.65 bits per heavy atom. The van der Waals surface area contributed by atoms with Crippen molar-refractivity contribution in [2.75, 3.05) is 5.32 Å². The second-order valence-electron chi connectivity index (χ2n) is 6.66. The fraction of sp³-hybridized carbons (Fsp3) is 0.294. The number of carboxylic acids is 1. The number of pyridine rings is 1. The van der Waals surface area contributed by atoms with Crippen LogP contribution in [0.4, 0.5) is 27.8 Å². The summed E-state index contributed by atoms with van der Waals surface area (Å²) in [5.41, 5.74) is 0.0919. The van der Waals surface area contributed by atoms with Crippen LogP contribution in [0.3, 0.4) is 0 Å². The molecule has 0 fully saturated rings. The van der Waals surface area contributed by atoms with Gasteiger partial charge in [-0.1, -0.05) is 0 Å². The molecule has 3 aromatic rings. The van der Waals surface area contributed by atoms with E-state index >= 15 is 0 Å². The van der Waals surface area contributed by atoms with Crippen molar-refractivity contribution in [3.8, 4) is 11.5 Å². The number of fused-ring (bicyclic) bond motifs is 2. The number of hydrogen-bond donors (Lipinski definition) is 2. The summed E-state index contributed by atoms with van der Waals surface area (Å²) in [6.45, 7) is -0.789. The van der Waals surface area contributed by atoms with E-state index in [0.29, 0.717) is 0 Å². The number of carbonyl (C=O) groups is 2. The standard InChI is InChI=1S/C17H11F5N6O3/c18-16(19,17(20,21)22)3-5-28-13-7(2-1-4-23-13)10(27-28)12-24-6-8-9(15(30)31)14(29)26-11(8)25-12/h1-2,4,6,9H,3,5H2,(H,30,31)(H,24,25,26,29). The first-order valence-corrected chi connectivity index (χ1v) is 8.66. The van der Waals surface area contributed by atoms with Crippen LogP contribution in [-0.2, 0) is 16.1 Å². The number of anilines is 1. The number of aromatic nitrogens is 5. The molecule has 1 unspecified atom stereocenters. The number of nitrogens with zero attached hydrogens (tertiary/aromatic N) is 5. The van der Waals surface area contributed by atoms with Gasteiger partial charge in [0.1, 0.15) is 11.5 Å². The molecule has 31 heavy (non-hydrogen) atoms. The monoisotopic (exact) mass is 442 g/mol. The van der Waals surface area contributed by atoms with E-state index in [1.165, 1.54) is 18.3 Å². The van der Waals surface area contributed by atoms with Crippen LogP contribution in [0.2, 0.25) is 0 Å². The summed E-state index contributed by atoms with van der Waals surface area (Å²) in [6.07, 6.45) is -4.82. The highest BCUT2D eigenvalue weighted by atomic mass is 19.4. The van der Waals surface area contributed by atoms with Gasteiger partial charge in [0.15, 0.2) is 17.4 Å². The Hall–Kier alpha value is -3.71. The summed E-state index contributed by atoms with van der Waals surface area (Å²) in [6, 6.07) is 3.00. The second-order valence-corrected chi connectivity index (χ2v) is 6.66. The zero-order valence-electron chi connectivity index (χ0n) is 15.2. The van der Waals surface area contributed by atoms with Gasteiger partial charge in [0.25, 0.3) is 0 Å². The van der Waals surface area contributed by atoms with E-state index in [1.54, 1.807) is 0 Å². The molecule has 4 heterocycles. The van der Waals surface area contributed by atoms with Crippen LogP contribution >= 0.6 is 0 Å². The third-order valence-corrected chi connectivity index (χ3v) is 4.65. The molecule has 0 spiro atoms. The predicted octanol–water partition coefficient (Wildman–Crippen LogP) is 2.60. The fourth-order valence-electron chi connectivity index (χ4n) is 3.11. The molecule has 0 saturated heterocycles. The minimum atomic E-state index is -5.70. The molecule has 1 amide bonds. The number of aryl methyl sites for hydroxylation is 1. The summed E-state index contributed by atoms with van der Waals surface area (Å²) in [5.74, 6) is -8.75. The van der Waals surface area contributed by atoms with Crippen molar-refractivity contribution in [1.82, 2.24) is 24.7 Å². The molecule has 9 nitrogen and oxygen atoms in total. The number of rotatable bonds is 5. The lowest BCUT2D eigenvalue weighted by Crippen LogP contribution is -2.37. The molecular weight excluding hydrogens is 431 g/mol. The van der Waals surface area contributed by atoms with Crippen LogP contribution in [0.15, 0.2) is 24.5 Å². The average molecular weight is 442 g/mol. The Labute approximate surface area is 168 Å². The van der Waals surface area contributed by atoms with Gasteiger partial charge in [0, 0.05) is 30.9 Å². The molecule has 4 rings (SSSR count). The van der Waals surface area contributed by atoms with Gasteiger partial charge in [-0.15, -0.1) is 0 Å². The SMILES string of the molecule is O=C(O)C1C(=O)Nc2nc(-c3nn(CCC(F)(F)C(F)(F)F)c4ncccc34)ncc21. The first kappa shape index (κ1) is 20.6. The summed E-state index contributed by atoms with van der Waals surface area (Å²) in [5, 5.41) is 15.8. The molecule has 1 atom stereocenters. The van der Waals surface area contributed by atoms with Gasteiger partial charge in [0.2, 0.25) is 5.91 Å². The minimum Gasteiger partial charge on any atom is -0.480 e. The maximum absolute atomic E-state index is 13.3. The molecule has 0 aromatic carbocycles. The predicted molar refractivity (Wildman–Crippen MR) is 93.2 cm³/mol. The normalized spacial score (nSPS) is 16.4. The van der Waals surface area contributed by atoms with Crippen molar-refractivity contribution in [2.45, 2.75) is 31.0 Å². The van der Waals surface area contributed by atoms with Gasteiger partial charge in [-0.25, -0.2) is 19.6 Å². The summed E-state index contributed by atoms with van der Waals surface area (Å²) >= 11 is 0. The van der Waals surface area contributed by atoms with Crippen LogP contribution in [0.25, 0.3) is 22.6 Å². The maximum atomic E-state index is 13.3. The van der Waals surface area contributed by atoms with Crippen molar-refractivity contribution in [3.05, 3.63) is 30.1 Å². The number of carboxylic acid groups (broad SMARTS) is 1. The number of amides is 1. The van der Waals surface area contributed by atoms with Gasteiger partial charge < -0.3 is 10.4 Å². The summed E-state index contributed by atoms with van der Waals surface area (Å²) in [7, 11) is 0. The third kappa shape index (κ3) is 3.43. The molecular formula is C17H11F5N6O3.